The average molecular weight is 413 g/mol. The lowest BCUT2D eigenvalue weighted by Crippen LogP contribution is -2.54. The summed E-state index contributed by atoms with van der Waals surface area (Å²) in [5, 5.41) is 11.7. The lowest BCUT2D eigenvalue weighted by molar-refractivity contribution is -0.515. The van der Waals surface area contributed by atoms with E-state index in [9.17, 15) is 28.1 Å². The molecule has 1 aliphatic carbocycles. The van der Waals surface area contributed by atoms with Crippen LogP contribution in [0.1, 0.15) is 55.7 Å². The fourth-order valence-electron chi connectivity index (χ4n) is 4.61. The van der Waals surface area contributed by atoms with Gasteiger partial charge in [-0.3, -0.25) is 19.8 Å². The SMILES string of the molecule is CN(C(=O)C(c1ccc(C(F)(F)F)cc1)[N+](=O)[O-])C1CCCCC1N1CCCC1. The minimum atomic E-state index is -4.53. The second-order valence-electron chi connectivity index (χ2n) is 7.92. The molecule has 3 rings (SSSR count). The second-order valence-corrected chi connectivity index (χ2v) is 7.92. The number of rotatable bonds is 5. The number of carbonyl (C=O) groups is 1. The summed E-state index contributed by atoms with van der Waals surface area (Å²) in [6.45, 7) is 1.95. The summed E-state index contributed by atoms with van der Waals surface area (Å²) in [5.74, 6) is -0.675. The molecule has 0 spiro atoms. The van der Waals surface area contributed by atoms with Crippen molar-refractivity contribution in [3.8, 4) is 0 Å². The smallest absolute Gasteiger partial charge is 0.335 e. The molecule has 0 bridgehead atoms. The molecular formula is C20H26F3N3O3. The molecule has 2 fully saturated rings. The Bertz CT molecular complexity index is 733. The number of nitro groups is 1. The lowest BCUT2D eigenvalue weighted by Gasteiger charge is -2.42. The summed E-state index contributed by atoms with van der Waals surface area (Å²) in [7, 11) is 1.59. The molecule has 1 aliphatic heterocycles. The zero-order valence-corrected chi connectivity index (χ0v) is 16.4. The van der Waals surface area contributed by atoms with Gasteiger partial charge in [-0.15, -0.1) is 0 Å². The number of likely N-dealkylation sites (N-methyl/N-ethyl adjacent to an activating group) is 1. The number of hydrogen-bond acceptors (Lipinski definition) is 4. The van der Waals surface area contributed by atoms with Gasteiger partial charge in [0.1, 0.15) is 0 Å². The Kier molecular flexibility index (Phi) is 6.45. The van der Waals surface area contributed by atoms with Crippen LogP contribution in [0.2, 0.25) is 0 Å². The largest absolute Gasteiger partial charge is 0.416 e. The van der Waals surface area contributed by atoms with E-state index in [1.807, 2.05) is 0 Å². The molecule has 29 heavy (non-hydrogen) atoms. The fourth-order valence-corrected chi connectivity index (χ4v) is 4.61. The van der Waals surface area contributed by atoms with Crippen LogP contribution in [-0.2, 0) is 11.0 Å². The molecule has 1 aromatic carbocycles. The van der Waals surface area contributed by atoms with Gasteiger partial charge in [-0.1, -0.05) is 25.0 Å². The van der Waals surface area contributed by atoms with Gasteiger partial charge in [0, 0.05) is 29.6 Å². The Morgan fingerprint density at radius 3 is 2.28 bits per heavy atom. The molecule has 1 aromatic rings. The number of hydrogen-bond donors (Lipinski definition) is 0. The lowest BCUT2D eigenvalue weighted by atomic mass is 9.87. The van der Waals surface area contributed by atoms with Gasteiger partial charge < -0.3 is 4.90 Å². The Labute approximate surface area is 167 Å². The van der Waals surface area contributed by atoms with Gasteiger partial charge in [-0.05, 0) is 50.9 Å². The summed E-state index contributed by atoms with van der Waals surface area (Å²) in [4.78, 5) is 27.9. The zero-order valence-electron chi connectivity index (χ0n) is 16.4. The molecule has 0 N–H and O–H groups in total. The Hall–Kier alpha value is -2.16. The number of amides is 1. The predicted molar refractivity (Wildman–Crippen MR) is 101 cm³/mol. The quantitative estimate of drug-likeness (QED) is 0.543. The second kappa shape index (κ2) is 8.69. The first-order valence-electron chi connectivity index (χ1n) is 10.0. The van der Waals surface area contributed by atoms with Gasteiger partial charge in [0.15, 0.2) is 0 Å². The van der Waals surface area contributed by atoms with Crippen molar-refractivity contribution in [2.45, 2.75) is 62.8 Å². The van der Waals surface area contributed by atoms with Crippen LogP contribution in [0.25, 0.3) is 0 Å². The molecule has 160 valence electrons. The summed E-state index contributed by atoms with van der Waals surface area (Å²) in [6.07, 6.45) is 1.45. The van der Waals surface area contributed by atoms with Crippen LogP contribution in [0.3, 0.4) is 0 Å². The fraction of sp³-hybridized carbons (Fsp3) is 0.650. The van der Waals surface area contributed by atoms with Crippen molar-refractivity contribution >= 4 is 5.91 Å². The first-order chi connectivity index (χ1) is 13.7. The van der Waals surface area contributed by atoms with E-state index < -0.39 is 28.6 Å². The maximum Gasteiger partial charge on any atom is 0.416 e. The van der Waals surface area contributed by atoms with Crippen molar-refractivity contribution in [2.24, 2.45) is 0 Å². The van der Waals surface area contributed by atoms with Gasteiger partial charge in [0.05, 0.1) is 5.56 Å². The molecule has 0 aromatic heterocycles. The molecule has 2 aliphatic rings. The van der Waals surface area contributed by atoms with Gasteiger partial charge in [-0.25, -0.2) is 0 Å². The third kappa shape index (κ3) is 4.71. The molecule has 6 nitrogen and oxygen atoms in total. The first kappa shape index (κ1) is 21.5. The molecule has 3 atom stereocenters. The highest BCUT2D eigenvalue weighted by molar-refractivity contribution is 5.82. The maximum atomic E-state index is 13.1. The molecule has 9 heteroatoms. The number of halogens is 3. The van der Waals surface area contributed by atoms with Crippen molar-refractivity contribution in [1.82, 2.24) is 9.80 Å². The van der Waals surface area contributed by atoms with Gasteiger partial charge in [0.25, 0.3) is 0 Å². The highest BCUT2D eigenvalue weighted by Gasteiger charge is 2.42. The average Bonchev–Trinajstić information content (AvgIpc) is 3.21. The zero-order chi connectivity index (χ0) is 21.2. The molecule has 1 heterocycles. The van der Waals surface area contributed by atoms with E-state index >= 15 is 0 Å². The number of carbonyl (C=O) groups excluding carboxylic acids is 1. The Morgan fingerprint density at radius 1 is 1.14 bits per heavy atom. The Balaban J connectivity index is 1.81. The van der Waals surface area contributed by atoms with Crippen molar-refractivity contribution < 1.29 is 22.9 Å². The van der Waals surface area contributed by atoms with Crippen molar-refractivity contribution in [3.63, 3.8) is 0 Å². The summed E-state index contributed by atoms with van der Waals surface area (Å²) in [5.41, 5.74) is -0.932. The third-order valence-electron chi connectivity index (χ3n) is 6.15. The molecule has 3 unspecified atom stereocenters. The minimum absolute atomic E-state index is 0.0339. The van der Waals surface area contributed by atoms with Gasteiger partial charge in [0.2, 0.25) is 0 Å². The summed E-state index contributed by atoms with van der Waals surface area (Å²) < 4.78 is 38.4. The van der Waals surface area contributed by atoms with Crippen LogP contribution in [0.15, 0.2) is 24.3 Å². The monoisotopic (exact) mass is 413 g/mol. The normalized spacial score (nSPS) is 24.3. The van der Waals surface area contributed by atoms with Crippen LogP contribution < -0.4 is 0 Å². The molecule has 1 saturated carbocycles. The van der Waals surface area contributed by atoms with E-state index in [2.05, 4.69) is 4.90 Å². The summed E-state index contributed by atoms with van der Waals surface area (Å²) >= 11 is 0. The van der Waals surface area contributed by atoms with Gasteiger partial charge in [-0.2, -0.15) is 13.2 Å². The molecule has 0 radical (unpaired) electrons. The Morgan fingerprint density at radius 2 is 1.72 bits per heavy atom. The van der Waals surface area contributed by atoms with E-state index in [4.69, 9.17) is 0 Å². The number of nitrogens with zero attached hydrogens (tertiary/aromatic N) is 3. The van der Waals surface area contributed by atoms with E-state index in [1.165, 1.54) is 4.90 Å². The highest BCUT2D eigenvalue weighted by Crippen LogP contribution is 2.33. The van der Waals surface area contributed by atoms with E-state index in [1.54, 1.807) is 7.05 Å². The third-order valence-corrected chi connectivity index (χ3v) is 6.15. The van der Waals surface area contributed by atoms with E-state index in [0.717, 1.165) is 75.9 Å². The minimum Gasteiger partial charge on any atom is -0.335 e. The van der Waals surface area contributed by atoms with E-state index in [0.29, 0.717) is 0 Å². The molecular weight excluding hydrogens is 387 g/mol. The number of benzene rings is 1. The number of likely N-dealkylation sites (tertiary alicyclic amines) is 1. The highest BCUT2D eigenvalue weighted by atomic mass is 19.4. The van der Waals surface area contributed by atoms with Crippen molar-refractivity contribution in [3.05, 3.63) is 45.5 Å². The van der Waals surface area contributed by atoms with E-state index in [-0.39, 0.29) is 17.6 Å². The molecule has 1 amide bonds. The standard InChI is InChI=1S/C20H26F3N3O3/c1-24(16-6-2-3-7-17(16)25-12-4-5-13-25)19(27)18(26(28)29)14-8-10-15(11-9-14)20(21,22)23/h8-11,16-18H,2-7,12-13H2,1H3. The van der Waals surface area contributed by atoms with Crippen molar-refractivity contribution in [1.29, 1.82) is 0 Å². The number of alkyl halides is 3. The van der Waals surface area contributed by atoms with Crippen LogP contribution in [0.4, 0.5) is 13.2 Å². The predicted octanol–water partition coefficient (Wildman–Crippen LogP) is 3.89. The summed E-state index contributed by atoms with van der Waals surface area (Å²) in [6, 6.07) is 1.98. The van der Waals surface area contributed by atoms with Crippen LogP contribution in [-0.4, -0.2) is 52.9 Å². The van der Waals surface area contributed by atoms with Crippen LogP contribution in [0.5, 0.6) is 0 Å². The van der Waals surface area contributed by atoms with Crippen LogP contribution in [0, 0.1) is 10.1 Å². The first-order valence-corrected chi connectivity index (χ1v) is 10.0. The van der Waals surface area contributed by atoms with Crippen molar-refractivity contribution in [2.75, 3.05) is 20.1 Å². The van der Waals surface area contributed by atoms with Gasteiger partial charge >= 0.3 is 18.1 Å². The maximum absolute atomic E-state index is 13.1. The topological polar surface area (TPSA) is 66.7 Å². The molecule has 1 saturated heterocycles. The van der Waals surface area contributed by atoms with Crippen LogP contribution >= 0.6 is 0 Å².